The molecule has 468 valence electrons. The number of furan rings is 2. The van der Waals surface area contributed by atoms with E-state index in [0.29, 0.717) is 61.2 Å². The Kier molecular flexibility index (Phi) is 28.7. The van der Waals surface area contributed by atoms with E-state index in [0.717, 1.165) is 49.7 Å². The second kappa shape index (κ2) is 37.0. The van der Waals surface area contributed by atoms with Gasteiger partial charge in [0.15, 0.2) is 25.0 Å². The predicted octanol–water partition coefficient (Wildman–Crippen LogP) is 9.71. The quantitative estimate of drug-likeness (QED) is 0.00686. The number of unbranched alkanes of at least 4 members (excludes halogenated alkanes) is 4. The summed E-state index contributed by atoms with van der Waals surface area (Å²) in [6.07, 6.45) is 8.37. The molecule has 24 heteroatoms. The summed E-state index contributed by atoms with van der Waals surface area (Å²) in [5, 5.41) is 18.2. The Labute approximate surface area is 512 Å². The number of carbonyl (C=O) groups is 8. The molecule has 0 unspecified atom stereocenters. The number of benzene rings is 4. The van der Waals surface area contributed by atoms with Gasteiger partial charge in [-0.05, 0) is 85.3 Å². The van der Waals surface area contributed by atoms with Crippen molar-refractivity contribution in [2.45, 2.75) is 117 Å². The van der Waals surface area contributed by atoms with Gasteiger partial charge in [-0.1, -0.05) is 160 Å². The summed E-state index contributed by atoms with van der Waals surface area (Å²) >= 11 is 0. The molecular weight excluding hydrogens is 1150 g/mol. The molecule has 6 aromatic rings. The zero-order valence-corrected chi connectivity index (χ0v) is 50.8. The number of nitrogens with one attached hydrogen (secondary N) is 6. The van der Waals surface area contributed by atoms with Crippen LogP contribution in [-0.2, 0) is 55.7 Å². The van der Waals surface area contributed by atoms with Crippen molar-refractivity contribution in [3.63, 3.8) is 0 Å². The predicted molar refractivity (Wildman–Crippen MR) is 325 cm³/mol. The summed E-state index contributed by atoms with van der Waals surface area (Å²) in [7, 11) is -2.76. The van der Waals surface area contributed by atoms with Gasteiger partial charge in [0.2, 0.25) is 24.6 Å². The highest BCUT2D eigenvalue weighted by molar-refractivity contribution is 7.33. The first-order valence-electron chi connectivity index (χ1n) is 29.4. The van der Waals surface area contributed by atoms with Gasteiger partial charge in [0.1, 0.15) is 24.7 Å². The third-order valence-electron chi connectivity index (χ3n) is 14.3. The van der Waals surface area contributed by atoms with Gasteiger partial charge in [-0.15, -0.1) is 0 Å². The lowest BCUT2D eigenvalue weighted by Gasteiger charge is -2.32. The van der Waals surface area contributed by atoms with E-state index in [2.05, 4.69) is 45.7 Å². The van der Waals surface area contributed by atoms with Gasteiger partial charge in [-0.2, -0.15) is 0 Å². The Morgan fingerprint density at radius 3 is 1.22 bits per heavy atom. The van der Waals surface area contributed by atoms with Crippen LogP contribution in [0.3, 0.4) is 0 Å². The Morgan fingerprint density at radius 1 is 0.477 bits per heavy atom. The maximum atomic E-state index is 13.6. The summed E-state index contributed by atoms with van der Waals surface area (Å²) in [6.45, 7) is 6.84. The molecular formula is C64H78N8O15P+. The van der Waals surface area contributed by atoms with Gasteiger partial charge in [0.25, 0.3) is 23.6 Å². The lowest BCUT2D eigenvalue weighted by Crippen LogP contribution is -2.48. The Bertz CT molecular complexity index is 2970. The second-order valence-corrected chi connectivity index (χ2v) is 21.3. The Hall–Kier alpha value is -8.86. The van der Waals surface area contributed by atoms with Crippen molar-refractivity contribution in [1.82, 2.24) is 42.0 Å². The van der Waals surface area contributed by atoms with E-state index in [1.165, 1.54) is 46.5 Å². The van der Waals surface area contributed by atoms with Gasteiger partial charge >= 0.3 is 8.25 Å². The van der Waals surface area contributed by atoms with E-state index < -0.39 is 69.3 Å². The number of rotatable bonds is 40. The first-order chi connectivity index (χ1) is 42.8. The molecule has 2 heterocycles. The number of amides is 8. The van der Waals surface area contributed by atoms with Crippen LogP contribution in [0.15, 0.2) is 142 Å². The largest absolute Gasteiger partial charge is 0.701 e. The van der Waals surface area contributed by atoms with Crippen molar-refractivity contribution in [2.75, 3.05) is 26.8 Å². The fraction of sp³-hybridized carbons (Fsp3) is 0.375. The molecule has 0 aliphatic heterocycles. The molecule has 0 fully saturated rings. The fourth-order valence-corrected chi connectivity index (χ4v) is 9.98. The first-order valence-corrected chi connectivity index (χ1v) is 30.5. The van der Waals surface area contributed by atoms with Crippen LogP contribution in [0.2, 0.25) is 0 Å². The van der Waals surface area contributed by atoms with E-state index in [9.17, 15) is 42.9 Å². The molecule has 6 N–H and O–H groups in total. The van der Waals surface area contributed by atoms with Crippen molar-refractivity contribution in [2.24, 2.45) is 11.8 Å². The van der Waals surface area contributed by atoms with E-state index in [1.54, 1.807) is 36.4 Å². The summed E-state index contributed by atoms with van der Waals surface area (Å²) < 4.78 is 34.2. The standard InChI is InChI=1S/C64H77N8O15P/c1-5-9-13-23-51(53(7-3)71(43-73)82-37-45-19-15-11-16-20-45)61(77)65-39-67-63(79)57-35-33-55(86-57)47-25-29-49(30-26-47)59(75)69-41-84-88(81)85-42-70-60(76)50-31-27-48(28-32-50)56-34-36-58(87-56)64(80)68-40-66-62(78)52(24-14-10-6-2)54(8-4)72(44-74)83-38-46-21-17-12-18-22-46/h11-12,15-22,25-36,43-44,51-54H,5-10,13-14,23-24,37-42H2,1-4H3,(H5-,65,66,67,68,69,70,75,76,77,78,79,80)/p+1/t51-,52-,53-,54-/m1/s1. The van der Waals surface area contributed by atoms with E-state index in [-0.39, 0.29) is 61.0 Å². The van der Waals surface area contributed by atoms with E-state index in [1.807, 2.05) is 74.5 Å². The van der Waals surface area contributed by atoms with Crippen LogP contribution < -0.4 is 31.9 Å². The van der Waals surface area contributed by atoms with Crippen molar-refractivity contribution in [3.05, 3.63) is 167 Å². The molecule has 4 aromatic carbocycles. The topological polar surface area (TPSA) is 295 Å². The lowest BCUT2D eigenvalue weighted by atomic mass is 9.90. The number of carbonyl (C=O) groups excluding carboxylic acids is 8. The molecule has 2 aromatic heterocycles. The molecule has 0 saturated heterocycles. The molecule has 6 rings (SSSR count). The molecule has 8 amide bonds. The zero-order chi connectivity index (χ0) is 63.0. The lowest BCUT2D eigenvalue weighted by molar-refractivity contribution is -0.200. The minimum atomic E-state index is -2.76. The van der Waals surface area contributed by atoms with Crippen LogP contribution in [-0.4, -0.2) is 97.3 Å². The van der Waals surface area contributed by atoms with Crippen LogP contribution in [0.1, 0.15) is 145 Å². The monoisotopic (exact) mass is 1230 g/mol. The van der Waals surface area contributed by atoms with Crippen molar-refractivity contribution < 1.29 is 70.5 Å². The summed E-state index contributed by atoms with van der Waals surface area (Å²) in [5.41, 5.74) is 3.32. The third kappa shape index (κ3) is 21.2. The van der Waals surface area contributed by atoms with Gasteiger partial charge in [0.05, 0.1) is 37.3 Å². The minimum Gasteiger partial charge on any atom is -0.451 e. The van der Waals surface area contributed by atoms with Crippen LogP contribution in [0.4, 0.5) is 0 Å². The SMILES string of the molecule is CCCCC[C@@H](C(=O)NCNC(=O)c1ccc(-c2ccc(C(=O)NCO[P+](=O)OCNC(=O)c3ccc(-c4ccc(C(=O)NCNC(=O)[C@H](CCCCC)[C@@H](CC)N(C=O)OCc5ccccc5)o4)cc3)cc2)o1)[C@@H](CC)N(C=O)OCc1ccccc1. The van der Waals surface area contributed by atoms with E-state index in [4.69, 9.17) is 27.6 Å². The van der Waals surface area contributed by atoms with Crippen molar-refractivity contribution in [1.29, 1.82) is 0 Å². The first kappa shape index (κ1) is 68.3. The van der Waals surface area contributed by atoms with E-state index >= 15 is 0 Å². The van der Waals surface area contributed by atoms with Crippen molar-refractivity contribution in [3.8, 4) is 22.6 Å². The van der Waals surface area contributed by atoms with Gasteiger partial charge in [0, 0.05) is 26.8 Å². The van der Waals surface area contributed by atoms with Crippen LogP contribution in [0.25, 0.3) is 22.6 Å². The summed E-state index contributed by atoms with van der Waals surface area (Å²) in [5.74, 6) is -3.50. The van der Waals surface area contributed by atoms with Crippen molar-refractivity contribution >= 4 is 56.5 Å². The number of hydrogen-bond acceptors (Lipinski definition) is 15. The maximum Gasteiger partial charge on any atom is 0.701 e. The normalized spacial score (nSPS) is 12.3. The highest BCUT2D eigenvalue weighted by atomic mass is 31.1. The molecule has 0 radical (unpaired) electrons. The summed E-state index contributed by atoms with van der Waals surface area (Å²) in [6, 6.07) is 36.3. The molecule has 0 bridgehead atoms. The Morgan fingerprint density at radius 2 is 0.864 bits per heavy atom. The van der Waals surface area contributed by atoms with Crippen LogP contribution >= 0.6 is 8.25 Å². The molecule has 0 saturated carbocycles. The van der Waals surface area contributed by atoms with Crippen LogP contribution in [0, 0.1) is 11.8 Å². The van der Waals surface area contributed by atoms with Gasteiger partial charge in [-0.25, -0.2) is 10.1 Å². The zero-order valence-electron chi connectivity index (χ0n) is 49.9. The molecule has 0 spiro atoms. The van der Waals surface area contributed by atoms with Gasteiger partial charge in [-0.3, -0.25) is 48.0 Å². The molecule has 0 aliphatic rings. The molecule has 88 heavy (non-hydrogen) atoms. The molecule has 4 atom stereocenters. The number of hydrogen-bond donors (Lipinski definition) is 6. The average molecular weight is 1230 g/mol. The highest BCUT2D eigenvalue weighted by Gasteiger charge is 2.34. The number of nitrogens with zero attached hydrogens (tertiary/aromatic N) is 2. The third-order valence-corrected chi connectivity index (χ3v) is 15.0. The molecule has 0 aliphatic carbocycles. The fourth-order valence-electron chi connectivity index (χ4n) is 9.57. The van der Waals surface area contributed by atoms with Crippen LogP contribution in [0.5, 0.6) is 0 Å². The molecule has 23 nitrogen and oxygen atoms in total. The minimum absolute atomic E-state index is 0.0182. The summed E-state index contributed by atoms with van der Waals surface area (Å²) in [4.78, 5) is 115. The maximum absolute atomic E-state index is 13.6. The Balaban J connectivity index is 0.877. The number of hydroxylamine groups is 4. The smallest absolute Gasteiger partial charge is 0.451 e. The second-order valence-electron chi connectivity index (χ2n) is 20.3. The van der Waals surface area contributed by atoms with Gasteiger partial charge < -0.3 is 40.7 Å². The highest BCUT2D eigenvalue weighted by Crippen LogP contribution is 2.28. The average Bonchev–Trinajstić information content (AvgIpc) is 3.47.